The zero-order valence-corrected chi connectivity index (χ0v) is 10.5. The van der Waals surface area contributed by atoms with Gasteiger partial charge in [-0.05, 0) is 39.3 Å². The molecule has 16 heavy (non-hydrogen) atoms. The van der Waals surface area contributed by atoms with Crippen LogP contribution in [0.1, 0.15) is 43.1 Å². The lowest BCUT2D eigenvalue weighted by Gasteiger charge is -2.20. The van der Waals surface area contributed by atoms with Crippen LogP contribution in [0.4, 0.5) is 0 Å². The smallest absolute Gasteiger partial charge is 0.165 e. The lowest BCUT2D eigenvalue weighted by molar-refractivity contribution is 0.0979. The van der Waals surface area contributed by atoms with E-state index < -0.39 is 0 Å². The number of aryl methyl sites for hydroxylation is 1. The second-order valence-corrected chi connectivity index (χ2v) is 5.04. The Morgan fingerprint density at radius 1 is 1.44 bits per heavy atom. The lowest BCUT2D eigenvalue weighted by atomic mass is 10.0. The fourth-order valence-corrected chi connectivity index (χ4v) is 1.44. The molecular weight excluding hydrogens is 200 g/mol. The first-order chi connectivity index (χ1) is 7.40. The molecule has 0 radical (unpaired) electrons. The third kappa shape index (κ3) is 4.11. The summed E-state index contributed by atoms with van der Waals surface area (Å²) >= 11 is 0. The summed E-state index contributed by atoms with van der Waals surface area (Å²) in [7, 11) is 0. The van der Waals surface area contributed by atoms with E-state index in [1.165, 1.54) is 0 Å². The van der Waals surface area contributed by atoms with Crippen molar-refractivity contribution in [2.24, 2.45) is 0 Å². The summed E-state index contributed by atoms with van der Waals surface area (Å²) in [5, 5.41) is 3.30. The number of carbonyl (C=O) groups excluding carboxylic acids is 1. The topological polar surface area (TPSA) is 42.0 Å². The second kappa shape index (κ2) is 5.21. The molecule has 0 fully saturated rings. The summed E-state index contributed by atoms with van der Waals surface area (Å²) in [6.07, 6.45) is 3.87. The number of hydrogen-bond donors (Lipinski definition) is 1. The first-order valence-electron chi connectivity index (χ1n) is 5.59. The van der Waals surface area contributed by atoms with Crippen LogP contribution < -0.4 is 5.32 Å². The van der Waals surface area contributed by atoms with Gasteiger partial charge >= 0.3 is 0 Å². The van der Waals surface area contributed by atoms with Crippen molar-refractivity contribution in [3.63, 3.8) is 0 Å². The van der Waals surface area contributed by atoms with E-state index in [1.54, 1.807) is 12.4 Å². The summed E-state index contributed by atoms with van der Waals surface area (Å²) in [4.78, 5) is 15.9. The molecule has 3 heteroatoms. The van der Waals surface area contributed by atoms with Gasteiger partial charge < -0.3 is 5.32 Å². The number of Topliss-reactive ketones (excluding diaryl/α,β-unsaturated/α-hetero) is 1. The van der Waals surface area contributed by atoms with Crippen molar-refractivity contribution in [1.82, 2.24) is 10.3 Å². The number of hydrogen-bond acceptors (Lipinski definition) is 3. The Morgan fingerprint density at radius 2 is 2.12 bits per heavy atom. The first kappa shape index (κ1) is 12.8. The minimum Gasteiger partial charge on any atom is -0.312 e. The van der Waals surface area contributed by atoms with Gasteiger partial charge in [-0.1, -0.05) is 0 Å². The van der Waals surface area contributed by atoms with Crippen molar-refractivity contribution in [1.29, 1.82) is 0 Å². The van der Waals surface area contributed by atoms with Crippen molar-refractivity contribution in [3.8, 4) is 0 Å². The van der Waals surface area contributed by atoms with Crippen LogP contribution in [0.25, 0.3) is 0 Å². The zero-order chi connectivity index (χ0) is 12.2. The molecule has 0 aliphatic carbocycles. The highest BCUT2D eigenvalue weighted by atomic mass is 16.1. The number of aromatic nitrogens is 1. The maximum atomic E-state index is 11.9. The van der Waals surface area contributed by atoms with Crippen LogP contribution in [0, 0.1) is 6.92 Å². The molecule has 1 aromatic heterocycles. The Kier molecular flexibility index (Phi) is 4.19. The molecule has 0 aliphatic heterocycles. The molecule has 0 saturated carbocycles. The molecule has 0 aromatic carbocycles. The van der Waals surface area contributed by atoms with E-state index in [-0.39, 0.29) is 11.3 Å². The molecule has 3 nitrogen and oxygen atoms in total. The van der Waals surface area contributed by atoms with Crippen molar-refractivity contribution >= 4 is 5.78 Å². The minimum absolute atomic E-state index is 0.0598. The molecule has 0 bridgehead atoms. The molecule has 1 heterocycles. The number of nitrogens with zero attached hydrogens (tertiary/aromatic N) is 1. The predicted octanol–water partition coefficient (Wildman–Crippen LogP) is 2.35. The molecule has 1 aromatic rings. The van der Waals surface area contributed by atoms with E-state index in [2.05, 4.69) is 31.1 Å². The maximum absolute atomic E-state index is 11.9. The summed E-state index contributed by atoms with van der Waals surface area (Å²) in [6, 6.07) is 1.87. The second-order valence-electron chi connectivity index (χ2n) is 5.04. The van der Waals surface area contributed by atoms with E-state index >= 15 is 0 Å². The van der Waals surface area contributed by atoms with Crippen LogP contribution in [0.2, 0.25) is 0 Å². The van der Waals surface area contributed by atoms with Crippen LogP contribution >= 0.6 is 0 Å². The van der Waals surface area contributed by atoms with Gasteiger partial charge in [0.05, 0.1) is 0 Å². The van der Waals surface area contributed by atoms with Gasteiger partial charge in [0, 0.05) is 36.5 Å². The SMILES string of the molecule is Cc1ccncc1C(=O)CCNC(C)(C)C. The Bertz CT molecular complexity index is 366. The van der Waals surface area contributed by atoms with Gasteiger partial charge in [0.2, 0.25) is 0 Å². The predicted molar refractivity (Wildman–Crippen MR) is 65.7 cm³/mol. The van der Waals surface area contributed by atoms with Gasteiger partial charge in [0.25, 0.3) is 0 Å². The van der Waals surface area contributed by atoms with Crippen LogP contribution in [-0.2, 0) is 0 Å². The lowest BCUT2D eigenvalue weighted by Crippen LogP contribution is -2.37. The Balaban J connectivity index is 2.51. The van der Waals surface area contributed by atoms with E-state index in [1.807, 2.05) is 13.0 Å². The zero-order valence-electron chi connectivity index (χ0n) is 10.5. The number of carbonyl (C=O) groups is 1. The number of nitrogens with one attached hydrogen (secondary N) is 1. The maximum Gasteiger partial charge on any atom is 0.165 e. The molecule has 0 unspecified atom stereocenters. The molecule has 1 N–H and O–H groups in total. The number of ketones is 1. The number of rotatable bonds is 4. The Morgan fingerprint density at radius 3 is 2.69 bits per heavy atom. The van der Waals surface area contributed by atoms with E-state index in [9.17, 15) is 4.79 Å². The highest BCUT2D eigenvalue weighted by Crippen LogP contribution is 2.08. The normalized spacial score (nSPS) is 11.5. The monoisotopic (exact) mass is 220 g/mol. The van der Waals surface area contributed by atoms with Crippen molar-refractivity contribution in [2.75, 3.05) is 6.54 Å². The standard InChI is InChI=1S/C13H20N2O/c1-10-5-7-14-9-11(10)12(16)6-8-15-13(2,3)4/h5,7,9,15H,6,8H2,1-4H3. The fraction of sp³-hybridized carbons (Fsp3) is 0.538. The van der Waals surface area contributed by atoms with Gasteiger partial charge in [0.1, 0.15) is 0 Å². The summed E-state index contributed by atoms with van der Waals surface area (Å²) in [6.45, 7) is 8.91. The van der Waals surface area contributed by atoms with Crippen molar-refractivity contribution in [3.05, 3.63) is 29.6 Å². The molecule has 0 saturated heterocycles. The van der Waals surface area contributed by atoms with Crippen LogP contribution in [-0.4, -0.2) is 22.9 Å². The third-order valence-electron chi connectivity index (χ3n) is 2.35. The fourth-order valence-electron chi connectivity index (χ4n) is 1.44. The van der Waals surface area contributed by atoms with Gasteiger partial charge in [-0.2, -0.15) is 0 Å². The first-order valence-corrected chi connectivity index (χ1v) is 5.59. The average Bonchev–Trinajstić information content (AvgIpc) is 2.16. The highest BCUT2D eigenvalue weighted by molar-refractivity contribution is 5.97. The summed E-state index contributed by atoms with van der Waals surface area (Å²) in [5.74, 6) is 0.155. The molecule has 0 aliphatic rings. The summed E-state index contributed by atoms with van der Waals surface area (Å²) < 4.78 is 0. The molecule has 1 rings (SSSR count). The van der Waals surface area contributed by atoms with E-state index in [0.29, 0.717) is 13.0 Å². The van der Waals surface area contributed by atoms with Gasteiger partial charge in [-0.15, -0.1) is 0 Å². The third-order valence-corrected chi connectivity index (χ3v) is 2.35. The van der Waals surface area contributed by atoms with Crippen molar-refractivity contribution < 1.29 is 4.79 Å². The minimum atomic E-state index is 0.0598. The average molecular weight is 220 g/mol. The number of pyridine rings is 1. The van der Waals surface area contributed by atoms with Crippen molar-refractivity contribution in [2.45, 2.75) is 39.7 Å². The van der Waals surface area contributed by atoms with E-state index in [0.717, 1.165) is 11.1 Å². The van der Waals surface area contributed by atoms with Gasteiger partial charge in [-0.3, -0.25) is 9.78 Å². The van der Waals surface area contributed by atoms with Crippen LogP contribution in [0.3, 0.4) is 0 Å². The van der Waals surface area contributed by atoms with E-state index in [4.69, 9.17) is 0 Å². The Labute approximate surface area is 97.3 Å². The molecule has 0 spiro atoms. The molecule has 88 valence electrons. The summed E-state index contributed by atoms with van der Waals surface area (Å²) in [5.41, 5.74) is 1.79. The quantitative estimate of drug-likeness (QED) is 0.792. The molecule has 0 amide bonds. The van der Waals surface area contributed by atoms with Crippen LogP contribution in [0.15, 0.2) is 18.5 Å². The molecular formula is C13H20N2O. The Hall–Kier alpha value is -1.22. The van der Waals surface area contributed by atoms with Crippen LogP contribution in [0.5, 0.6) is 0 Å². The highest BCUT2D eigenvalue weighted by Gasteiger charge is 2.12. The largest absolute Gasteiger partial charge is 0.312 e. The van der Waals surface area contributed by atoms with Gasteiger partial charge in [0.15, 0.2) is 5.78 Å². The van der Waals surface area contributed by atoms with Gasteiger partial charge in [-0.25, -0.2) is 0 Å². The molecule has 0 atom stereocenters.